The van der Waals surface area contributed by atoms with Gasteiger partial charge in [0.2, 0.25) is 5.95 Å². The van der Waals surface area contributed by atoms with Crippen LogP contribution in [0.2, 0.25) is 0 Å². The first kappa shape index (κ1) is 21.4. The fourth-order valence-electron chi connectivity index (χ4n) is 2.73. The Bertz CT molecular complexity index is 978. The van der Waals surface area contributed by atoms with E-state index in [1.165, 1.54) is 0 Å². The molecule has 0 bridgehead atoms. The van der Waals surface area contributed by atoms with Crippen molar-refractivity contribution in [2.24, 2.45) is 0 Å². The summed E-state index contributed by atoms with van der Waals surface area (Å²) in [5.74, 6) is 1.89. The third-order valence-corrected chi connectivity index (χ3v) is 5.01. The van der Waals surface area contributed by atoms with Crippen molar-refractivity contribution < 1.29 is 9.53 Å². The fourth-order valence-corrected chi connectivity index (χ4v) is 3.14. The van der Waals surface area contributed by atoms with Crippen molar-refractivity contribution in [3.05, 3.63) is 65.9 Å². The van der Waals surface area contributed by atoms with Crippen LogP contribution in [0.1, 0.15) is 16.1 Å². The summed E-state index contributed by atoms with van der Waals surface area (Å²) in [5.41, 5.74) is 2.38. The number of nitrogens with zero attached hydrogens (tertiary/aromatic N) is 2. The van der Waals surface area contributed by atoms with Crippen LogP contribution < -0.4 is 20.7 Å². The molecule has 3 aromatic rings. The highest BCUT2D eigenvalue weighted by molar-refractivity contribution is 7.98. The Kier molecular flexibility index (Phi) is 7.51. The summed E-state index contributed by atoms with van der Waals surface area (Å²) < 4.78 is 5.17. The third-order valence-electron chi connectivity index (χ3n) is 4.26. The van der Waals surface area contributed by atoms with Gasteiger partial charge in [0.25, 0.3) is 5.91 Å². The topological polar surface area (TPSA) is 88.2 Å². The molecule has 0 saturated carbocycles. The molecular formula is C22H25N5O2S. The summed E-state index contributed by atoms with van der Waals surface area (Å²) in [4.78, 5) is 22.2. The molecule has 2 aromatic carbocycles. The average molecular weight is 424 g/mol. The lowest BCUT2D eigenvalue weighted by atomic mass is 10.2. The van der Waals surface area contributed by atoms with E-state index in [1.54, 1.807) is 18.9 Å². The molecule has 0 atom stereocenters. The number of carbonyl (C=O) groups is 1. The maximum Gasteiger partial charge on any atom is 0.251 e. The van der Waals surface area contributed by atoms with Crippen LogP contribution in [0, 0.1) is 6.92 Å². The molecule has 0 radical (unpaired) electrons. The number of ether oxygens (including phenoxy) is 1. The summed E-state index contributed by atoms with van der Waals surface area (Å²) in [6, 6.07) is 17.0. The summed E-state index contributed by atoms with van der Waals surface area (Å²) in [6.45, 7) is 2.88. The number of hydrogen-bond donors (Lipinski definition) is 3. The molecule has 3 N–H and O–H groups in total. The molecule has 30 heavy (non-hydrogen) atoms. The number of rotatable bonds is 9. The molecule has 3 rings (SSSR count). The van der Waals surface area contributed by atoms with E-state index >= 15 is 0 Å². The van der Waals surface area contributed by atoms with Gasteiger partial charge in [-0.25, -0.2) is 4.98 Å². The Morgan fingerprint density at radius 1 is 1.03 bits per heavy atom. The molecule has 156 valence electrons. The van der Waals surface area contributed by atoms with Crippen molar-refractivity contribution in [2.45, 2.75) is 11.8 Å². The summed E-state index contributed by atoms with van der Waals surface area (Å²) in [6.07, 6.45) is 2.01. The number of hydrogen-bond acceptors (Lipinski definition) is 7. The fraction of sp³-hybridized carbons (Fsp3) is 0.227. The summed E-state index contributed by atoms with van der Waals surface area (Å²) in [7, 11) is 1.64. The highest BCUT2D eigenvalue weighted by Gasteiger charge is 2.06. The van der Waals surface area contributed by atoms with Crippen LogP contribution in [-0.2, 0) is 0 Å². The van der Waals surface area contributed by atoms with Crippen LogP contribution in [0.15, 0.2) is 59.5 Å². The molecule has 0 saturated heterocycles. The number of aromatic nitrogens is 2. The summed E-state index contributed by atoms with van der Waals surface area (Å²) >= 11 is 1.65. The van der Waals surface area contributed by atoms with Crippen molar-refractivity contribution in [3.63, 3.8) is 0 Å². The van der Waals surface area contributed by atoms with Crippen molar-refractivity contribution in [1.82, 2.24) is 15.3 Å². The number of nitrogens with one attached hydrogen (secondary N) is 3. The van der Waals surface area contributed by atoms with E-state index in [0.29, 0.717) is 30.4 Å². The minimum atomic E-state index is -0.100. The van der Waals surface area contributed by atoms with Gasteiger partial charge in [0.1, 0.15) is 11.6 Å². The maximum atomic E-state index is 12.2. The Balaban J connectivity index is 1.51. The molecule has 0 fully saturated rings. The van der Waals surface area contributed by atoms with Gasteiger partial charge in [0.05, 0.1) is 7.11 Å². The lowest BCUT2D eigenvalue weighted by Crippen LogP contribution is -2.29. The van der Waals surface area contributed by atoms with Crippen molar-refractivity contribution >= 4 is 35.1 Å². The average Bonchev–Trinajstić information content (AvgIpc) is 2.77. The van der Waals surface area contributed by atoms with Crippen LogP contribution in [0.5, 0.6) is 5.75 Å². The van der Waals surface area contributed by atoms with E-state index in [-0.39, 0.29) is 5.91 Å². The second-order valence-electron chi connectivity index (χ2n) is 6.48. The number of aryl methyl sites for hydroxylation is 1. The first-order valence-electron chi connectivity index (χ1n) is 9.50. The number of anilines is 3. The molecule has 0 aliphatic rings. The third kappa shape index (κ3) is 6.12. The molecule has 8 heteroatoms. The molecular weight excluding hydrogens is 398 g/mol. The highest BCUT2D eigenvalue weighted by Crippen LogP contribution is 2.20. The molecule has 0 aliphatic heterocycles. The second-order valence-corrected chi connectivity index (χ2v) is 7.36. The maximum absolute atomic E-state index is 12.2. The minimum Gasteiger partial charge on any atom is -0.497 e. The molecule has 0 unspecified atom stereocenters. The number of amides is 1. The van der Waals surface area contributed by atoms with Gasteiger partial charge in [-0.1, -0.05) is 0 Å². The van der Waals surface area contributed by atoms with E-state index in [2.05, 4.69) is 25.9 Å². The second kappa shape index (κ2) is 10.5. The molecule has 0 aliphatic carbocycles. The molecule has 1 amide bonds. The first-order chi connectivity index (χ1) is 14.6. The predicted molar refractivity (Wildman–Crippen MR) is 122 cm³/mol. The monoisotopic (exact) mass is 423 g/mol. The first-order valence-corrected chi connectivity index (χ1v) is 10.7. The van der Waals surface area contributed by atoms with Crippen molar-refractivity contribution in [3.8, 4) is 5.75 Å². The van der Waals surface area contributed by atoms with E-state index in [9.17, 15) is 4.79 Å². The van der Waals surface area contributed by atoms with Gasteiger partial charge in [-0.3, -0.25) is 4.79 Å². The number of thioether (sulfide) groups is 1. The van der Waals surface area contributed by atoms with Gasteiger partial charge in [-0.2, -0.15) is 4.98 Å². The van der Waals surface area contributed by atoms with Crippen LogP contribution in [0.3, 0.4) is 0 Å². The zero-order valence-electron chi connectivity index (χ0n) is 17.2. The van der Waals surface area contributed by atoms with Gasteiger partial charge < -0.3 is 20.7 Å². The van der Waals surface area contributed by atoms with E-state index < -0.39 is 0 Å². The predicted octanol–water partition coefficient (Wildman–Crippen LogP) is 4.10. The zero-order chi connectivity index (χ0) is 21.3. The Morgan fingerprint density at radius 3 is 2.43 bits per heavy atom. The molecule has 1 aromatic heterocycles. The Morgan fingerprint density at radius 2 is 1.77 bits per heavy atom. The van der Waals surface area contributed by atoms with Gasteiger partial charge in [-0.05, 0) is 61.7 Å². The van der Waals surface area contributed by atoms with Crippen LogP contribution >= 0.6 is 11.8 Å². The van der Waals surface area contributed by atoms with E-state index in [4.69, 9.17) is 4.74 Å². The van der Waals surface area contributed by atoms with Gasteiger partial charge in [0, 0.05) is 41.0 Å². The van der Waals surface area contributed by atoms with Crippen molar-refractivity contribution in [1.29, 1.82) is 0 Å². The molecule has 7 nitrogen and oxygen atoms in total. The standard InChI is InChI=1S/C22H25N5O2S/c1-15-14-20(26-17-6-8-18(29-2)9-7-17)27-22(25-15)24-13-12-23-21(28)16-4-10-19(30-3)11-5-16/h4-11,14H,12-13H2,1-3H3,(H,23,28)(H2,24,25,26,27). The summed E-state index contributed by atoms with van der Waals surface area (Å²) in [5, 5.41) is 9.31. The quantitative estimate of drug-likeness (QED) is 0.353. The van der Waals surface area contributed by atoms with E-state index in [1.807, 2.05) is 67.8 Å². The number of carbonyl (C=O) groups excluding carboxylic acids is 1. The smallest absolute Gasteiger partial charge is 0.251 e. The SMILES string of the molecule is COc1ccc(Nc2cc(C)nc(NCCNC(=O)c3ccc(SC)cc3)n2)cc1. The Labute approximate surface area is 180 Å². The lowest BCUT2D eigenvalue weighted by Gasteiger charge is -2.11. The van der Waals surface area contributed by atoms with Crippen LogP contribution in [0.25, 0.3) is 0 Å². The normalized spacial score (nSPS) is 10.4. The molecule has 1 heterocycles. The minimum absolute atomic E-state index is 0.100. The zero-order valence-corrected chi connectivity index (χ0v) is 18.0. The van der Waals surface area contributed by atoms with Crippen LogP contribution in [-0.4, -0.2) is 42.3 Å². The van der Waals surface area contributed by atoms with E-state index in [0.717, 1.165) is 22.0 Å². The Hall–Kier alpha value is -3.26. The van der Waals surface area contributed by atoms with Gasteiger partial charge in [-0.15, -0.1) is 11.8 Å². The van der Waals surface area contributed by atoms with Gasteiger partial charge in [0.15, 0.2) is 0 Å². The molecule has 0 spiro atoms. The van der Waals surface area contributed by atoms with Crippen molar-refractivity contribution in [2.75, 3.05) is 37.1 Å². The number of methoxy groups -OCH3 is 1. The largest absolute Gasteiger partial charge is 0.497 e. The van der Waals surface area contributed by atoms with Crippen LogP contribution in [0.4, 0.5) is 17.5 Å². The lowest BCUT2D eigenvalue weighted by molar-refractivity contribution is 0.0955. The van der Waals surface area contributed by atoms with Gasteiger partial charge >= 0.3 is 0 Å². The highest BCUT2D eigenvalue weighted by atomic mass is 32.2. The number of benzene rings is 2.